The summed E-state index contributed by atoms with van der Waals surface area (Å²) in [6.07, 6.45) is 7.75. The van der Waals surface area contributed by atoms with Crippen molar-refractivity contribution >= 4 is 29.6 Å². The molecule has 4 aromatic carbocycles. The second kappa shape index (κ2) is 17.7. The first-order valence-electron chi connectivity index (χ1n) is 18.9. The topological polar surface area (TPSA) is 80.3 Å². The molecule has 1 amide bonds. The smallest absolute Gasteiger partial charge is 0.410 e. The molecule has 0 bridgehead atoms. The average Bonchev–Trinajstić information content (AvgIpc) is 3.15. The molecule has 4 aromatic rings. The van der Waals surface area contributed by atoms with E-state index in [0.29, 0.717) is 13.1 Å². The molecule has 4 aliphatic heterocycles. The van der Waals surface area contributed by atoms with E-state index in [1.54, 1.807) is 18.7 Å². The first-order valence-corrected chi connectivity index (χ1v) is 18.9. The highest BCUT2D eigenvalue weighted by atomic mass is 35.5. The lowest BCUT2D eigenvalue weighted by molar-refractivity contribution is -0.00116. The number of benzene rings is 4. The quantitative estimate of drug-likeness (QED) is 0.213. The third-order valence-electron chi connectivity index (χ3n) is 9.68. The maximum absolute atomic E-state index is 12.4. The van der Waals surface area contributed by atoms with Gasteiger partial charge in [-0.1, -0.05) is 97.1 Å². The molecule has 4 heterocycles. The fourth-order valence-corrected chi connectivity index (χ4v) is 7.18. The second-order valence-electron chi connectivity index (χ2n) is 15.5. The number of para-hydroxylation sites is 2. The van der Waals surface area contributed by atoms with Crippen molar-refractivity contribution in [1.29, 1.82) is 0 Å². The lowest BCUT2D eigenvalue weighted by Crippen LogP contribution is -2.50. The van der Waals surface area contributed by atoms with E-state index < -0.39 is 11.2 Å². The van der Waals surface area contributed by atoms with E-state index in [1.165, 1.54) is 27.8 Å². The predicted octanol–water partition coefficient (Wildman–Crippen LogP) is 9.72. The summed E-state index contributed by atoms with van der Waals surface area (Å²) < 4.78 is 18.4. The molecule has 8 rings (SSSR count). The fraction of sp³-hybridized carbons (Fsp3) is 0.370. The van der Waals surface area contributed by atoms with Crippen molar-refractivity contribution in [2.75, 3.05) is 26.2 Å². The molecule has 0 aliphatic carbocycles. The average molecular weight is 751 g/mol. The summed E-state index contributed by atoms with van der Waals surface area (Å²) in [5.41, 5.74) is 6.27. The number of nitrogens with zero attached hydrogens (tertiary/aromatic N) is 1. The van der Waals surface area contributed by atoms with Gasteiger partial charge in [-0.2, -0.15) is 0 Å². The van der Waals surface area contributed by atoms with Gasteiger partial charge >= 0.3 is 6.09 Å². The van der Waals surface area contributed by atoms with Crippen LogP contribution < -0.4 is 14.8 Å². The Labute approximate surface area is 327 Å². The van der Waals surface area contributed by atoms with Gasteiger partial charge < -0.3 is 29.5 Å². The highest BCUT2D eigenvalue weighted by Crippen LogP contribution is 2.44. The van der Waals surface area contributed by atoms with Gasteiger partial charge in [0.1, 0.15) is 28.3 Å². The Morgan fingerprint density at radius 2 is 1.07 bits per heavy atom. The van der Waals surface area contributed by atoms with E-state index >= 15 is 0 Å². The van der Waals surface area contributed by atoms with Gasteiger partial charge in [0.15, 0.2) is 0 Å². The summed E-state index contributed by atoms with van der Waals surface area (Å²) >= 11 is 0. The molecule has 8 heteroatoms. The lowest BCUT2D eigenvalue weighted by atomic mass is 9.83. The van der Waals surface area contributed by atoms with Crippen molar-refractivity contribution in [3.8, 4) is 11.5 Å². The summed E-state index contributed by atoms with van der Waals surface area (Å²) in [6, 6.07) is 37.6. The zero-order valence-electron chi connectivity index (χ0n) is 32.2. The van der Waals surface area contributed by atoms with Crippen LogP contribution in [0, 0.1) is 0 Å². The number of likely N-dealkylation sites (tertiary alicyclic amines) is 1. The zero-order chi connectivity index (χ0) is 37.5. The van der Waals surface area contributed by atoms with Crippen LogP contribution in [0.5, 0.6) is 11.5 Å². The number of hydrogen-bond acceptors (Lipinski definition) is 6. The Balaban J connectivity index is 0.000000191. The first-order chi connectivity index (χ1) is 25.4. The van der Waals surface area contributed by atoms with Crippen molar-refractivity contribution < 1.29 is 24.1 Å². The standard InChI is InChI=1S/C24H27NO3.C19H19NO.C3H8O.ClH/c1-23(2,3)28-22(26)25-15-13-24(14-16-25)17-20(18-9-5-4-6-10-18)19-11-7-8-12-21(19)27-24;1-2-6-15(7-3-1)17-14-19(10-12-20-13-11-19)21-18-9-5-4-8-16(17)18;1-3(2)4;/h4-12,17H,13-16H2,1-3H3;1-9,14,20H,10-13H2;3-4H,1-2H3;1H. The van der Waals surface area contributed by atoms with Gasteiger partial charge in [-0.05, 0) is 94.3 Å². The molecule has 2 N–H and O–H groups in total. The highest BCUT2D eigenvalue weighted by Gasteiger charge is 2.41. The largest absolute Gasteiger partial charge is 0.482 e. The number of nitrogens with one attached hydrogen (secondary N) is 1. The number of carbonyl (C=O) groups excluding carboxylic acids is 1. The van der Waals surface area contributed by atoms with Crippen molar-refractivity contribution in [3.05, 3.63) is 144 Å². The van der Waals surface area contributed by atoms with Crippen LogP contribution in [-0.2, 0) is 4.74 Å². The van der Waals surface area contributed by atoms with Crippen LogP contribution in [0.2, 0.25) is 0 Å². The predicted molar refractivity (Wildman–Crippen MR) is 220 cm³/mol. The van der Waals surface area contributed by atoms with Crippen molar-refractivity contribution in [1.82, 2.24) is 10.2 Å². The van der Waals surface area contributed by atoms with Crippen LogP contribution >= 0.6 is 12.4 Å². The van der Waals surface area contributed by atoms with Gasteiger partial charge in [0.05, 0.1) is 0 Å². The number of carbonyl (C=O) groups is 1. The van der Waals surface area contributed by atoms with Crippen LogP contribution in [0.15, 0.2) is 121 Å². The van der Waals surface area contributed by atoms with Crippen LogP contribution in [0.3, 0.4) is 0 Å². The number of ether oxygens (including phenoxy) is 3. The van der Waals surface area contributed by atoms with Gasteiger partial charge in [0, 0.05) is 56.0 Å². The molecule has 0 radical (unpaired) electrons. The minimum Gasteiger partial charge on any atom is -0.482 e. The monoisotopic (exact) mass is 750 g/mol. The van der Waals surface area contributed by atoms with Gasteiger partial charge in [0.2, 0.25) is 0 Å². The van der Waals surface area contributed by atoms with E-state index in [9.17, 15) is 4.79 Å². The molecular formula is C46H55ClN2O5. The molecule has 286 valence electrons. The number of piperidine rings is 2. The van der Waals surface area contributed by atoms with Crippen LogP contribution in [0.1, 0.15) is 82.6 Å². The highest BCUT2D eigenvalue weighted by molar-refractivity contribution is 5.86. The lowest BCUT2D eigenvalue weighted by Gasteiger charge is -2.43. The molecule has 54 heavy (non-hydrogen) atoms. The van der Waals surface area contributed by atoms with Gasteiger partial charge in [-0.25, -0.2) is 4.79 Å². The maximum atomic E-state index is 12.4. The number of aliphatic hydroxyl groups excluding tert-OH is 1. The summed E-state index contributed by atoms with van der Waals surface area (Å²) in [6.45, 7) is 12.4. The molecule has 0 aromatic heterocycles. The van der Waals surface area contributed by atoms with Crippen molar-refractivity contribution in [3.63, 3.8) is 0 Å². The molecule has 0 unspecified atom stereocenters. The zero-order valence-corrected chi connectivity index (χ0v) is 33.0. The Kier molecular flexibility index (Phi) is 13.3. The molecule has 0 saturated carbocycles. The first kappa shape index (κ1) is 40.6. The number of rotatable bonds is 2. The summed E-state index contributed by atoms with van der Waals surface area (Å²) in [5, 5.41) is 11.5. The Morgan fingerprint density at radius 1 is 0.685 bits per heavy atom. The molecule has 7 nitrogen and oxygen atoms in total. The third kappa shape index (κ3) is 10.1. The van der Waals surface area contributed by atoms with E-state index in [2.05, 4.69) is 102 Å². The number of amides is 1. The summed E-state index contributed by atoms with van der Waals surface area (Å²) in [5.74, 6) is 1.93. The van der Waals surface area contributed by atoms with E-state index in [-0.39, 0.29) is 30.2 Å². The molecular weight excluding hydrogens is 696 g/mol. The fourth-order valence-electron chi connectivity index (χ4n) is 7.18. The number of halogens is 1. The van der Waals surface area contributed by atoms with Crippen molar-refractivity contribution in [2.24, 2.45) is 0 Å². The molecule has 2 saturated heterocycles. The third-order valence-corrected chi connectivity index (χ3v) is 9.68. The van der Waals surface area contributed by atoms with E-state index in [4.69, 9.17) is 19.3 Å². The number of aliphatic hydroxyl groups is 1. The SMILES string of the molecule is C1=C(c2ccccc2)c2ccccc2OC12CCNCC2.CC(C)(C)OC(=O)N1CCC2(C=C(c3ccccc3)c3ccccc3O2)CC1.CC(C)O.Cl. The Bertz CT molecular complexity index is 1880. The normalized spacial score (nSPS) is 17.6. The Morgan fingerprint density at radius 3 is 1.50 bits per heavy atom. The number of hydrogen-bond donors (Lipinski definition) is 2. The second-order valence-corrected chi connectivity index (χ2v) is 15.5. The molecule has 2 fully saturated rings. The minimum atomic E-state index is -0.479. The summed E-state index contributed by atoms with van der Waals surface area (Å²) in [4.78, 5) is 14.2. The summed E-state index contributed by atoms with van der Waals surface area (Å²) in [7, 11) is 0. The van der Waals surface area contributed by atoms with Gasteiger partial charge in [-0.3, -0.25) is 0 Å². The van der Waals surface area contributed by atoms with Gasteiger partial charge in [-0.15, -0.1) is 12.4 Å². The molecule has 4 aliphatic rings. The Hall–Kier alpha value is -4.56. The van der Waals surface area contributed by atoms with Crippen LogP contribution in [0.4, 0.5) is 4.79 Å². The molecule has 2 spiro atoms. The van der Waals surface area contributed by atoms with E-state index in [1.807, 2.05) is 45.0 Å². The number of fused-ring (bicyclic) bond motifs is 2. The van der Waals surface area contributed by atoms with Crippen LogP contribution in [0.25, 0.3) is 11.1 Å². The van der Waals surface area contributed by atoms with Crippen molar-refractivity contribution in [2.45, 2.75) is 83.2 Å². The minimum absolute atomic E-state index is 0. The van der Waals surface area contributed by atoms with E-state index in [0.717, 1.165) is 55.8 Å². The van der Waals surface area contributed by atoms with Gasteiger partial charge in [0.25, 0.3) is 0 Å². The molecule has 0 atom stereocenters. The maximum Gasteiger partial charge on any atom is 0.410 e. The van der Waals surface area contributed by atoms with Crippen LogP contribution in [-0.4, -0.2) is 65.2 Å².